The molecule has 0 fully saturated rings. The van der Waals surface area contributed by atoms with E-state index < -0.39 is 6.09 Å². The van der Waals surface area contributed by atoms with E-state index in [0.717, 1.165) is 5.56 Å². The molecule has 1 aromatic heterocycles. The summed E-state index contributed by atoms with van der Waals surface area (Å²) in [6.07, 6.45) is 2.51. The molecule has 0 bridgehead atoms. The molecule has 0 aliphatic carbocycles. The molecule has 0 saturated heterocycles. The molecule has 2 N–H and O–H groups in total. The van der Waals surface area contributed by atoms with Crippen LogP contribution in [-0.4, -0.2) is 11.1 Å². The van der Waals surface area contributed by atoms with Crippen LogP contribution in [0, 0.1) is 0 Å². The number of benzene rings is 1. The van der Waals surface area contributed by atoms with Gasteiger partial charge in [0.15, 0.2) is 5.75 Å². The Morgan fingerprint density at radius 2 is 2.00 bits per heavy atom. The Morgan fingerprint density at radius 1 is 1.17 bits per heavy atom. The minimum atomic E-state index is -0.570. The van der Waals surface area contributed by atoms with Crippen LogP contribution in [0.4, 0.5) is 4.79 Å². The van der Waals surface area contributed by atoms with E-state index in [1.165, 1.54) is 6.20 Å². The maximum absolute atomic E-state index is 11.4. The van der Waals surface area contributed by atoms with Crippen molar-refractivity contribution in [3.8, 4) is 5.75 Å². The Bertz CT molecular complexity index is 488. The zero-order valence-electron chi connectivity index (χ0n) is 9.67. The molecule has 0 radical (unpaired) electrons. The summed E-state index contributed by atoms with van der Waals surface area (Å²) in [5, 5.41) is 0. The number of pyridine rings is 1. The molecule has 0 atom stereocenters. The topological polar surface area (TPSA) is 63.2 Å². The summed E-state index contributed by atoms with van der Waals surface area (Å²) in [5.74, 6) is 0.400. The fourth-order valence-electron chi connectivity index (χ4n) is 1.35. The van der Waals surface area contributed by atoms with Crippen molar-refractivity contribution in [3.05, 3.63) is 60.4 Å². The van der Waals surface area contributed by atoms with Crippen molar-refractivity contribution < 1.29 is 9.53 Å². The van der Waals surface area contributed by atoms with Crippen LogP contribution >= 0.6 is 0 Å². The van der Waals surface area contributed by atoms with Crippen LogP contribution in [0.3, 0.4) is 0 Å². The molecule has 0 aliphatic rings. The van der Waals surface area contributed by atoms with Gasteiger partial charge < -0.3 is 4.74 Å². The van der Waals surface area contributed by atoms with Gasteiger partial charge in [-0.3, -0.25) is 10.4 Å². The van der Waals surface area contributed by atoms with Crippen LogP contribution in [0.5, 0.6) is 5.75 Å². The molecule has 1 aromatic carbocycles. The minimum Gasteiger partial charge on any atom is -0.408 e. The molecule has 2 rings (SSSR count). The number of amides is 1. The second kappa shape index (κ2) is 6.36. The van der Waals surface area contributed by atoms with Crippen molar-refractivity contribution in [3.63, 3.8) is 0 Å². The highest BCUT2D eigenvalue weighted by Crippen LogP contribution is 2.05. The highest BCUT2D eigenvalue weighted by Gasteiger charge is 2.02. The highest BCUT2D eigenvalue weighted by molar-refractivity contribution is 5.69. The number of nitrogens with one attached hydrogen (secondary N) is 2. The molecular weight excluding hydrogens is 230 g/mol. The molecule has 0 unspecified atom stereocenters. The van der Waals surface area contributed by atoms with Gasteiger partial charge in [-0.25, -0.2) is 10.2 Å². The lowest BCUT2D eigenvalue weighted by Gasteiger charge is -2.07. The first-order chi connectivity index (χ1) is 8.84. The number of aromatic nitrogens is 1. The molecule has 92 valence electrons. The second-order valence-corrected chi connectivity index (χ2v) is 3.54. The zero-order chi connectivity index (χ0) is 12.6. The minimum absolute atomic E-state index is 0.400. The largest absolute Gasteiger partial charge is 0.427 e. The van der Waals surface area contributed by atoms with E-state index in [2.05, 4.69) is 15.8 Å². The number of hydrazine groups is 1. The zero-order valence-corrected chi connectivity index (χ0v) is 9.67. The number of hydrogen-bond acceptors (Lipinski definition) is 4. The predicted molar refractivity (Wildman–Crippen MR) is 66.7 cm³/mol. The Morgan fingerprint density at radius 3 is 2.72 bits per heavy atom. The standard InChI is InChI=1S/C13H13N3O2/c17-13(18-12-7-4-8-14-10-12)16-15-9-11-5-2-1-3-6-11/h1-8,10,15H,9H2,(H,16,17). The van der Waals surface area contributed by atoms with E-state index in [1.807, 2.05) is 30.3 Å². The summed E-state index contributed by atoms with van der Waals surface area (Å²) in [5.41, 5.74) is 6.29. The molecule has 18 heavy (non-hydrogen) atoms. The van der Waals surface area contributed by atoms with E-state index in [0.29, 0.717) is 12.3 Å². The van der Waals surface area contributed by atoms with Crippen molar-refractivity contribution in [1.82, 2.24) is 15.8 Å². The average Bonchev–Trinajstić information content (AvgIpc) is 2.41. The van der Waals surface area contributed by atoms with Gasteiger partial charge >= 0.3 is 6.09 Å². The monoisotopic (exact) mass is 243 g/mol. The Kier molecular flexibility index (Phi) is 4.27. The summed E-state index contributed by atoms with van der Waals surface area (Å²) in [6.45, 7) is 0.531. The summed E-state index contributed by atoms with van der Waals surface area (Å²) in [7, 11) is 0. The lowest BCUT2D eigenvalue weighted by Crippen LogP contribution is -2.38. The number of carbonyl (C=O) groups is 1. The SMILES string of the molecule is O=C(NNCc1ccccc1)Oc1cccnc1. The summed E-state index contributed by atoms with van der Waals surface area (Å²) in [6, 6.07) is 13.1. The van der Waals surface area contributed by atoms with Crippen molar-refractivity contribution in [2.75, 3.05) is 0 Å². The Balaban J connectivity index is 1.73. The van der Waals surface area contributed by atoms with Crippen molar-refractivity contribution in [2.45, 2.75) is 6.54 Å². The van der Waals surface area contributed by atoms with Crippen LogP contribution in [0.2, 0.25) is 0 Å². The van der Waals surface area contributed by atoms with Gasteiger partial charge in [0.05, 0.1) is 6.20 Å². The molecular formula is C13H13N3O2. The highest BCUT2D eigenvalue weighted by atomic mass is 16.6. The molecule has 2 aromatic rings. The fourth-order valence-corrected chi connectivity index (χ4v) is 1.35. The summed E-state index contributed by atoms with van der Waals surface area (Å²) < 4.78 is 4.98. The quantitative estimate of drug-likeness (QED) is 0.805. The molecule has 0 spiro atoms. The lowest BCUT2D eigenvalue weighted by atomic mass is 10.2. The molecule has 1 heterocycles. The number of rotatable bonds is 4. The smallest absolute Gasteiger partial charge is 0.408 e. The number of ether oxygens (including phenoxy) is 1. The third-order valence-electron chi connectivity index (χ3n) is 2.17. The van der Waals surface area contributed by atoms with Crippen LogP contribution in [0.25, 0.3) is 0 Å². The average molecular weight is 243 g/mol. The third kappa shape index (κ3) is 3.88. The summed E-state index contributed by atoms with van der Waals surface area (Å²) >= 11 is 0. The van der Waals surface area contributed by atoms with Crippen molar-refractivity contribution >= 4 is 6.09 Å². The van der Waals surface area contributed by atoms with Gasteiger partial charge in [0.25, 0.3) is 0 Å². The van der Waals surface area contributed by atoms with Crippen LogP contribution in [0.15, 0.2) is 54.9 Å². The lowest BCUT2D eigenvalue weighted by molar-refractivity contribution is 0.195. The maximum Gasteiger partial charge on any atom is 0.427 e. The Labute approximate surface area is 105 Å². The fraction of sp³-hybridized carbons (Fsp3) is 0.0769. The molecule has 0 saturated carbocycles. The molecule has 0 aliphatic heterocycles. The van der Waals surface area contributed by atoms with Gasteiger partial charge in [-0.1, -0.05) is 30.3 Å². The number of hydrogen-bond donors (Lipinski definition) is 2. The number of carbonyl (C=O) groups excluding carboxylic acids is 1. The predicted octanol–water partition coefficient (Wildman–Crippen LogP) is 1.87. The Hall–Kier alpha value is -2.40. The first-order valence-electron chi connectivity index (χ1n) is 5.49. The second-order valence-electron chi connectivity index (χ2n) is 3.54. The van der Waals surface area contributed by atoms with Crippen molar-refractivity contribution in [2.24, 2.45) is 0 Å². The first kappa shape index (κ1) is 12.1. The molecule has 5 heteroatoms. The van der Waals surface area contributed by atoms with Crippen LogP contribution < -0.4 is 15.6 Å². The van der Waals surface area contributed by atoms with Gasteiger partial charge in [0.2, 0.25) is 0 Å². The normalized spacial score (nSPS) is 9.78. The third-order valence-corrected chi connectivity index (χ3v) is 2.17. The van der Waals surface area contributed by atoms with Gasteiger partial charge in [-0.05, 0) is 17.7 Å². The van der Waals surface area contributed by atoms with Crippen LogP contribution in [0.1, 0.15) is 5.56 Å². The maximum atomic E-state index is 11.4. The molecule has 1 amide bonds. The van der Waals surface area contributed by atoms with Gasteiger partial charge in [0, 0.05) is 12.7 Å². The van der Waals surface area contributed by atoms with Crippen LogP contribution in [-0.2, 0) is 6.54 Å². The molecule has 5 nitrogen and oxygen atoms in total. The van der Waals surface area contributed by atoms with E-state index in [4.69, 9.17) is 4.74 Å². The first-order valence-corrected chi connectivity index (χ1v) is 5.49. The van der Waals surface area contributed by atoms with Crippen molar-refractivity contribution in [1.29, 1.82) is 0 Å². The van der Waals surface area contributed by atoms with E-state index >= 15 is 0 Å². The van der Waals surface area contributed by atoms with Gasteiger partial charge in [-0.15, -0.1) is 0 Å². The van der Waals surface area contributed by atoms with E-state index in [-0.39, 0.29) is 0 Å². The van der Waals surface area contributed by atoms with E-state index in [9.17, 15) is 4.79 Å². The number of nitrogens with zero attached hydrogens (tertiary/aromatic N) is 1. The van der Waals surface area contributed by atoms with Gasteiger partial charge in [-0.2, -0.15) is 0 Å². The summed E-state index contributed by atoms with van der Waals surface area (Å²) in [4.78, 5) is 15.2. The van der Waals surface area contributed by atoms with E-state index in [1.54, 1.807) is 18.3 Å². The van der Waals surface area contributed by atoms with Gasteiger partial charge in [0.1, 0.15) is 0 Å².